The fraction of sp³-hybridized carbons (Fsp3) is 0.235. The molecular weight excluding hydrogens is 283 g/mol. The predicted molar refractivity (Wildman–Crippen MR) is 90.2 cm³/mol. The Morgan fingerprint density at radius 2 is 1.76 bits per heavy atom. The number of benzene rings is 2. The number of anilines is 1. The largest absolute Gasteiger partial charge is 0.362 e. The van der Waals surface area contributed by atoms with Gasteiger partial charge in [0, 0.05) is 18.8 Å². The van der Waals surface area contributed by atoms with Gasteiger partial charge in [-0.3, -0.25) is 0 Å². The molecular formula is C17H19FN2S. The molecule has 0 aliphatic carbocycles. The summed E-state index contributed by atoms with van der Waals surface area (Å²) in [5, 5.41) is 3.93. The molecule has 4 heteroatoms. The maximum Gasteiger partial charge on any atom is 0.173 e. The zero-order chi connectivity index (χ0) is 15.1. The normalized spacial score (nSPS) is 10.2. The van der Waals surface area contributed by atoms with Crippen LogP contribution in [0.2, 0.25) is 0 Å². The van der Waals surface area contributed by atoms with Gasteiger partial charge in [0.2, 0.25) is 0 Å². The Morgan fingerprint density at radius 3 is 2.38 bits per heavy atom. The topological polar surface area (TPSA) is 15.3 Å². The van der Waals surface area contributed by atoms with Crippen molar-refractivity contribution in [2.45, 2.75) is 13.3 Å². The minimum atomic E-state index is -0.238. The van der Waals surface area contributed by atoms with Crippen LogP contribution in [0.1, 0.15) is 12.5 Å². The highest BCUT2D eigenvalue weighted by Gasteiger charge is 2.09. The molecule has 0 radical (unpaired) electrons. The van der Waals surface area contributed by atoms with Gasteiger partial charge in [0.25, 0.3) is 0 Å². The first-order valence-electron chi connectivity index (χ1n) is 7.05. The number of rotatable bonds is 5. The third-order valence-electron chi connectivity index (χ3n) is 3.23. The number of nitrogens with one attached hydrogen (secondary N) is 1. The first-order chi connectivity index (χ1) is 10.2. The van der Waals surface area contributed by atoms with Crippen molar-refractivity contribution in [3.05, 3.63) is 66.0 Å². The zero-order valence-electron chi connectivity index (χ0n) is 12.1. The SMILES string of the molecule is CCN(C(=S)NCCc1ccccc1)c1ccc(F)cc1. The summed E-state index contributed by atoms with van der Waals surface area (Å²) in [6.45, 7) is 3.54. The first-order valence-corrected chi connectivity index (χ1v) is 7.46. The first kappa shape index (κ1) is 15.4. The molecule has 0 bridgehead atoms. The van der Waals surface area contributed by atoms with Crippen LogP contribution in [0.3, 0.4) is 0 Å². The van der Waals surface area contributed by atoms with Crippen molar-refractivity contribution in [1.29, 1.82) is 0 Å². The lowest BCUT2D eigenvalue weighted by atomic mass is 10.1. The van der Waals surface area contributed by atoms with Gasteiger partial charge in [-0.2, -0.15) is 0 Å². The Hall–Kier alpha value is -1.94. The van der Waals surface area contributed by atoms with E-state index in [9.17, 15) is 4.39 Å². The summed E-state index contributed by atoms with van der Waals surface area (Å²) in [6.07, 6.45) is 0.919. The number of hydrogen-bond acceptors (Lipinski definition) is 1. The van der Waals surface area contributed by atoms with Crippen LogP contribution in [-0.2, 0) is 6.42 Å². The molecule has 1 N–H and O–H groups in total. The van der Waals surface area contributed by atoms with Crippen molar-refractivity contribution in [2.75, 3.05) is 18.0 Å². The number of nitrogens with zero attached hydrogens (tertiary/aromatic N) is 1. The third-order valence-corrected chi connectivity index (χ3v) is 3.60. The number of halogens is 1. The molecule has 110 valence electrons. The lowest BCUT2D eigenvalue weighted by molar-refractivity contribution is 0.628. The summed E-state index contributed by atoms with van der Waals surface area (Å²) >= 11 is 5.43. The van der Waals surface area contributed by atoms with E-state index in [1.165, 1.54) is 17.7 Å². The maximum absolute atomic E-state index is 13.0. The molecule has 0 aliphatic heterocycles. The minimum Gasteiger partial charge on any atom is -0.362 e. The van der Waals surface area contributed by atoms with Gasteiger partial charge in [-0.1, -0.05) is 30.3 Å². The third kappa shape index (κ3) is 4.53. The Bertz CT molecular complexity index is 569. The van der Waals surface area contributed by atoms with Crippen molar-refractivity contribution in [2.24, 2.45) is 0 Å². The van der Waals surface area contributed by atoms with Crippen molar-refractivity contribution >= 4 is 23.0 Å². The van der Waals surface area contributed by atoms with Gasteiger partial charge in [0.1, 0.15) is 5.82 Å². The average molecular weight is 302 g/mol. The average Bonchev–Trinajstić information content (AvgIpc) is 2.51. The standard InChI is InChI=1S/C17H19FN2S/c1-2-20(16-10-8-15(18)9-11-16)17(21)19-13-12-14-6-4-3-5-7-14/h3-11H,2,12-13H2,1H3,(H,19,21). The molecule has 2 rings (SSSR count). The molecule has 0 spiro atoms. The highest BCUT2D eigenvalue weighted by atomic mass is 32.1. The molecule has 0 aliphatic rings. The van der Waals surface area contributed by atoms with Crippen LogP contribution in [0.5, 0.6) is 0 Å². The lowest BCUT2D eigenvalue weighted by Gasteiger charge is -2.24. The molecule has 0 saturated heterocycles. The number of hydrogen-bond donors (Lipinski definition) is 1. The summed E-state index contributed by atoms with van der Waals surface area (Å²) in [5.41, 5.74) is 2.17. The van der Waals surface area contributed by atoms with E-state index in [0.717, 1.165) is 25.2 Å². The summed E-state index contributed by atoms with van der Waals surface area (Å²) < 4.78 is 13.0. The molecule has 0 amide bonds. The van der Waals surface area contributed by atoms with E-state index >= 15 is 0 Å². The van der Waals surface area contributed by atoms with E-state index in [1.54, 1.807) is 12.1 Å². The molecule has 0 saturated carbocycles. The molecule has 0 atom stereocenters. The predicted octanol–water partition coefficient (Wildman–Crippen LogP) is 3.77. The molecule has 0 aromatic heterocycles. The highest BCUT2D eigenvalue weighted by Crippen LogP contribution is 2.14. The van der Waals surface area contributed by atoms with Gasteiger partial charge in [-0.25, -0.2) is 4.39 Å². The van der Waals surface area contributed by atoms with Crippen LogP contribution in [0.4, 0.5) is 10.1 Å². The smallest absolute Gasteiger partial charge is 0.173 e. The molecule has 2 aromatic rings. The van der Waals surface area contributed by atoms with E-state index in [0.29, 0.717) is 5.11 Å². The van der Waals surface area contributed by atoms with Crippen LogP contribution in [-0.4, -0.2) is 18.2 Å². The van der Waals surface area contributed by atoms with Gasteiger partial charge < -0.3 is 10.2 Å². The van der Waals surface area contributed by atoms with Crippen LogP contribution in [0.25, 0.3) is 0 Å². The second-order valence-corrected chi connectivity index (χ2v) is 5.07. The van der Waals surface area contributed by atoms with E-state index in [1.807, 2.05) is 30.0 Å². The van der Waals surface area contributed by atoms with Crippen molar-refractivity contribution in [3.63, 3.8) is 0 Å². The lowest BCUT2D eigenvalue weighted by Crippen LogP contribution is -2.40. The van der Waals surface area contributed by atoms with E-state index in [2.05, 4.69) is 17.4 Å². The van der Waals surface area contributed by atoms with Crippen LogP contribution in [0.15, 0.2) is 54.6 Å². The van der Waals surface area contributed by atoms with Crippen molar-refractivity contribution in [3.8, 4) is 0 Å². The van der Waals surface area contributed by atoms with E-state index in [4.69, 9.17) is 12.2 Å². The minimum absolute atomic E-state index is 0.238. The van der Waals surface area contributed by atoms with Gasteiger partial charge >= 0.3 is 0 Å². The fourth-order valence-electron chi connectivity index (χ4n) is 2.12. The van der Waals surface area contributed by atoms with Gasteiger partial charge in [0.15, 0.2) is 5.11 Å². The zero-order valence-corrected chi connectivity index (χ0v) is 12.9. The second kappa shape index (κ2) is 7.74. The summed E-state index contributed by atoms with van der Waals surface area (Å²) in [4.78, 5) is 1.96. The Kier molecular flexibility index (Phi) is 5.69. The van der Waals surface area contributed by atoms with Crippen LogP contribution >= 0.6 is 12.2 Å². The molecule has 2 aromatic carbocycles. The molecule has 0 unspecified atom stereocenters. The fourth-order valence-corrected chi connectivity index (χ4v) is 2.45. The molecule has 0 heterocycles. The van der Waals surface area contributed by atoms with E-state index in [-0.39, 0.29) is 5.82 Å². The van der Waals surface area contributed by atoms with E-state index < -0.39 is 0 Å². The summed E-state index contributed by atoms with van der Waals surface area (Å²) in [6, 6.07) is 16.7. The molecule has 21 heavy (non-hydrogen) atoms. The highest BCUT2D eigenvalue weighted by molar-refractivity contribution is 7.80. The molecule has 0 fully saturated rings. The van der Waals surface area contributed by atoms with Crippen molar-refractivity contribution < 1.29 is 4.39 Å². The second-order valence-electron chi connectivity index (χ2n) is 4.69. The van der Waals surface area contributed by atoms with Gasteiger partial charge in [-0.15, -0.1) is 0 Å². The summed E-state index contributed by atoms with van der Waals surface area (Å²) in [5.74, 6) is -0.238. The van der Waals surface area contributed by atoms with Gasteiger partial charge in [0.05, 0.1) is 0 Å². The maximum atomic E-state index is 13.0. The van der Waals surface area contributed by atoms with Crippen LogP contribution < -0.4 is 10.2 Å². The monoisotopic (exact) mass is 302 g/mol. The van der Waals surface area contributed by atoms with Crippen molar-refractivity contribution in [1.82, 2.24) is 5.32 Å². The number of thiocarbonyl (C=S) groups is 1. The Balaban J connectivity index is 1.90. The Morgan fingerprint density at radius 1 is 1.10 bits per heavy atom. The quantitative estimate of drug-likeness (QED) is 0.846. The Labute approximate surface area is 130 Å². The van der Waals surface area contributed by atoms with Gasteiger partial charge in [-0.05, 0) is 55.4 Å². The summed E-state index contributed by atoms with van der Waals surface area (Å²) in [7, 11) is 0. The molecule has 2 nitrogen and oxygen atoms in total. The van der Waals surface area contributed by atoms with Crippen LogP contribution in [0, 0.1) is 5.82 Å².